The number of methoxy groups -OCH3 is 1. The zero-order valence-corrected chi connectivity index (χ0v) is 11.1. The predicted octanol–water partition coefficient (Wildman–Crippen LogP) is 1.43. The molecule has 0 aromatic heterocycles. The summed E-state index contributed by atoms with van der Waals surface area (Å²) < 4.78 is 10.3. The molecule has 104 valence electrons. The molecule has 0 heterocycles. The van der Waals surface area contributed by atoms with E-state index < -0.39 is 0 Å². The molecule has 1 aromatic rings. The summed E-state index contributed by atoms with van der Waals surface area (Å²) >= 11 is 0. The minimum Gasteiger partial charge on any atom is -0.489 e. The Bertz CT molecular complexity index is 407. The summed E-state index contributed by atoms with van der Waals surface area (Å²) in [7, 11) is 1.62. The van der Waals surface area contributed by atoms with Gasteiger partial charge in [-0.15, -0.1) is 0 Å². The maximum absolute atomic E-state index is 11.6. The van der Waals surface area contributed by atoms with Gasteiger partial charge in [-0.1, -0.05) is 18.7 Å². The standard InChI is InChI=1S/C14H20N2O3/c1-3-8-19-13-6-4-5-12(10-13)16-14(17)11-15-7-9-18-2/h3-6,10,15H,1,7-9,11H2,2H3,(H,16,17). The zero-order valence-electron chi connectivity index (χ0n) is 11.1. The Morgan fingerprint density at radius 2 is 2.32 bits per heavy atom. The van der Waals surface area contributed by atoms with Gasteiger partial charge in [-0.25, -0.2) is 0 Å². The number of anilines is 1. The summed E-state index contributed by atoms with van der Waals surface area (Å²) in [6.07, 6.45) is 1.67. The molecule has 0 radical (unpaired) electrons. The van der Waals surface area contributed by atoms with Gasteiger partial charge in [0.15, 0.2) is 0 Å². The van der Waals surface area contributed by atoms with Crippen LogP contribution in [0.3, 0.4) is 0 Å². The Morgan fingerprint density at radius 1 is 1.47 bits per heavy atom. The molecular formula is C14H20N2O3. The fourth-order valence-electron chi connectivity index (χ4n) is 1.40. The van der Waals surface area contributed by atoms with Crippen LogP contribution in [0.2, 0.25) is 0 Å². The van der Waals surface area contributed by atoms with Crippen molar-refractivity contribution in [1.82, 2.24) is 5.32 Å². The first-order valence-electron chi connectivity index (χ1n) is 6.09. The van der Waals surface area contributed by atoms with Crippen LogP contribution in [0.5, 0.6) is 5.75 Å². The van der Waals surface area contributed by atoms with Crippen LogP contribution in [0.1, 0.15) is 0 Å². The lowest BCUT2D eigenvalue weighted by molar-refractivity contribution is -0.115. The van der Waals surface area contributed by atoms with Crippen molar-refractivity contribution in [3.63, 3.8) is 0 Å². The molecule has 1 rings (SSSR count). The first-order valence-corrected chi connectivity index (χ1v) is 6.09. The predicted molar refractivity (Wildman–Crippen MR) is 75.5 cm³/mol. The minimum absolute atomic E-state index is 0.100. The average molecular weight is 264 g/mol. The van der Waals surface area contributed by atoms with Gasteiger partial charge in [0, 0.05) is 25.4 Å². The van der Waals surface area contributed by atoms with E-state index in [0.717, 1.165) is 0 Å². The Labute approximate surface area is 113 Å². The number of carbonyl (C=O) groups is 1. The molecule has 2 N–H and O–H groups in total. The van der Waals surface area contributed by atoms with E-state index in [0.29, 0.717) is 31.2 Å². The number of hydrogen-bond donors (Lipinski definition) is 2. The minimum atomic E-state index is -0.100. The second-order valence-corrected chi connectivity index (χ2v) is 3.85. The number of carbonyl (C=O) groups excluding carboxylic acids is 1. The molecule has 1 aromatic carbocycles. The lowest BCUT2D eigenvalue weighted by Crippen LogP contribution is -2.30. The van der Waals surface area contributed by atoms with Crippen LogP contribution in [0.4, 0.5) is 5.69 Å². The average Bonchev–Trinajstić information content (AvgIpc) is 2.42. The van der Waals surface area contributed by atoms with Crippen LogP contribution in [-0.2, 0) is 9.53 Å². The highest BCUT2D eigenvalue weighted by Crippen LogP contribution is 2.17. The van der Waals surface area contributed by atoms with E-state index in [2.05, 4.69) is 17.2 Å². The number of rotatable bonds is 9. The fourth-order valence-corrected chi connectivity index (χ4v) is 1.40. The topological polar surface area (TPSA) is 59.6 Å². The van der Waals surface area contributed by atoms with Crippen LogP contribution in [0.25, 0.3) is 0 Å². The van der Waals surface area contributed by atoms with Gasteiger partial charge >= 0.3 is 0 Å². The van der Waals surface area contributed by atoms with E-state index in [1.54, 1.807) is 19.3 Å². The van der Waals surface area contributed by atoms with E-state index in [-0.39, 0.29) is 12.5 Å². The summed E-state index contributed by atoms with van der Waals surface area (Å²) in [4.78, 5) is 11.6. The van der Waals surface area contributed by atoms with Crippen LogP contribution >= 0.6 is 0 Å². The number of ether oxygens (including phenoxy) is 2. The maximum atomic E-state index is 11.6. The van der Waals surface area contributed by atoms with Gasteiger partial charge in [-0.05, 0) is 12.1 Å². The number of benzene rings is 1. The highest BCUT2D eigenvalue weighted by molar-refractivity contribution is 5.92. The third-order valence-electron chi connectivity index (χ3n) is 2.25. The summed E-state index contributed by atoms with van der Waals surface area (Å²) in [6, 6.07) is 7.24. The largest absolute Gasteiger partial charge is 0.489 e. The third-order valence-corrected chi connectivity index (χ3v) is 2.25. The summed E-state index contributed by atoms with van der Waals surface area (Å²) in [5.74, 6) is 0.599. The van der Waals surface area contributed by atoms with Crippen molar-refractivity contribution in [2.75, 3.05) is 38.7 Å². The smallest absolute Gasteiger partial charge is 0.238 e. The van der Waals surface area contributed by atoms with Crippen LogP contribution in [0.15, 0.2) is 36.9 Å². The Morgan fingerprint density at radius 3 is 3.05 bits per heavy atom. The molecule has 5 nitrogen and oxygen atoms in total. The van der Waals surface area contributed by atoms with Gasteiger partial charge in [-0.3, -0.25) is 4.79 Å². The number of hydrogen-bond acceptors (Lipinski definition) is 4. The molecule has 1 amide bonds. The Hall–Kier alpha value is -1.85. The second kappa shape index (κ2) is 9.13. The third kappa shape index (κ3) is 6.59. The van der Waals surface area contributed by atoms with E-state index in [1.807, 2.05) is 18.2 Å². The normalized spacial score (nSPS) is 9.95. The van der Waals surface area contributed by atoms with E-state index in [1.165, 1.54) is 0 Å². The highest BCUT2D eigenvalue weighted by Gasteiger charge is 2.02. The van der Waals surface area contributed by atoms with Gasteiger partial charge in [0.1, 0.15) is 12.4 Å². The van der Waals surface area contributed by atoms with Crippen molar-refractivity contribution in [2.45, 2.75) is 0 Å². The molecule has 0 saturated heterocycles. The van der Waals surface area contributed by atoms with Crippen molar-refractivity contribution in [3.8, 4) is 5.75 Å². The molecule has 0 unspecified atom stereocenters. The quantitative estimate of drug-likeness (QED) is 0.523. The van der Waals surface area contributed by atoms with Crippen molar-refractivity contribution in [3.05, 3.63) is 36.9 Å². The number of nitrogens with one attached hydrogen (secondary N) is 2. The first-order chi connectivity index (χ1) is 9.26. The highest BCUT2D eigenvalue weighted by atomic mass is 16.5. The molecule has 5 heteroatoms. The molecule has 0 fully saturated rings. The lowest BCUT2D eigenvalue weighted by atomic mass is 10.3. The number of amides is 1. The molecule has 0 atom stereocenters. The molecule has 0 bridgehead atoms. The second-order valence-electron chi connectivity index (χ2n) is 3.85. The van der Waals surface area contributed by atoms with Crippen LogP contribution in [-0.4, -0.2) is 39.3 Å². The Kier molecular flexibility index (Phi) is 7.31. The monoisotopic (exact) mass is 264 g/mol. The van der Waals surface area contributed by atoms with Crippen molar-refractivity contribution < 1.29 is 14.3 Å². The van der Waals surface area contributed by atoms with Gasteiger partial charge in [0.2, 0.25) is 5.91 Å². The summed E-state index contributed by atoms with van der Waals surface area (Å²) in [5.41, 5.74) is 0.708. The van der Waals surface area contributed by atoms with Crippen LogP contribution < -0.4 is 15.4 Å². The van der Waals surface area contributed by atoms with E-state index in [4.69, 9.17) is 9.47 Å². The maximum Gasteiger partial charge on any atom is 0.238 e. The van der Waals surface area contributed by atoms with Gasteiger partial charge < -0.3 is 20.1 Å². The van der Waals surface area contributed by atoms with Crippen molar-refractivity contribution in [1.29, 1.82) is 0 Å². The SMILES string of the molecule is C=CCOc1cccc(NC(=O)CNCCOC)c1. The molecule has 0 spiro atoms. The molecule has 0 saturated carbocycles. The van der Waals surface area contributed by atoms with Gasteiger partial charge in [0.25, 0.3) is 0 Å². The Balaban J connectivity index is 2.38. The first kappa shape index (κ1) is 15.2. The summed E-state index contributed by atoms with van der Waals surface area (Å²) in [5, 5.41) is 5.76. The van der Waals surface area contributed by atoms with Crippen molar-refractivity contribution >= 4 is 11.6 Å². The van der Waals surface area contributed by atoms with E-state index >= 15 is 0 Å². The zero-order chi connectivity index (χ0) is 13.9. The van der Waals surface area contributed by atoms with Crippen LogP contribution in [0, 0.1) is 0 Å². The summed E-state index contributed by atoms with van der Waals surface area (Å²) in [6.45, 7) is 5.50. The molecule has 0 aliphatic heterocycles. The van der Waals surface area contributed by atoms with Gasteiger partial charge in [-0.2, -0.15) is 0 Å². The van der Waals surface area contributed by atoms with Gasteiger partial charge in [0.05, 0.1) is 13.2 Å². The molecule has 0 aliphatic carbocycles. The van der Waals surface area contributed by atoms with E-state index in [9.17, 15) is 4.79 Å². The molecule has 0 aliphatic rings. The molecule has 19 heavy (non-hydrogen) atoms. The lowest BCUT2D eigenvalue weighted by Gasteiger charge is -2.08. The van der Waals surface area contributed by atoms with Crippen molar-refractivity contribution in [2.24, 2.45) is 0 Å². The molecular weight excluding hydrogens is 244 g/mol. The fraction of sp³-hybridized carbons (Fsp3) is 0.357.